The van der Waals surface area contributed by atoms with Gasteiger partial charge in [-0.2, -0.15) is 0 Å². The first kappa shape index (κ1) is 18.0. The van der Waals surface area contributed by atoms with Crippen molar-refractivity contribution in [3.63, 3.8) is 0 Å². The van der Waals surface area contributed by atoms with Crippen LogP contribution in [0.15, 0.2) is 36.4 Å². The summed E-state index contributed by atoms with van der Waals surface area (Å²) in [6, 6.07) is 11.3. The third kappa shape index (κ3) is 3.81. The van der Waals surface area contributed by atoms with Crippen LogP contribution in [0.25, 0.3) is 11.3 Å². The predicted molar refractivity (Wildman–Crippen MR) is 103 cm³/mol. The van der Waals surface area contributed by atoms with Crippen molar-refractivity contribution in [2.45, 2.75) is 36.7 Å². The molecule has 1 unspecified atom stereocenters. The highest BCUT2D eigenvalue weighted by Crippen LogP contribution is 2.44. The van der Waals surface area contributed by atoms with E-state index in [9.17, 15) is 15.0 Å². The minimum absolute atomic E-state index is 0.0368. The SMILES string of the molecule is O=C(c1ccc(C2CC2)c(-c2cccc(Cl)c2)n1)C1CCSC(O)(O)C1. The largest absolute Gasteiger partial charge is 0.357 e. The van der Waals surface area contributed by atoms with Gasteiger partial charge in [-0.3, -0.25) is 4.79 Å². The number of hydrogen-bond acceptors (Lipinski definition) is 5. The summed E-state index contributed by atoms with van der Waals surface area (Å²) in [6.45, 7) is 0. The van der Waals surface area contributed by atoms with E-state index in [4.69, 9.17) is 11.6 Å². The first-order valence-corrected chi connectivity index (χ1v) is 10.2. The normalized spacial score (nSPS) is 22.2. The van der Waals surface area contributed by atoms with Crippen molar-refractivity contribution < 1.29 is 15.0 Å². The third-order valence-electron chi connectivity index (χ3n) is 4.98. The van der Waals surface area contributed by atoms with Gasteiger partial charge in [-0.15, -0.1) is 0 Å². The van der Waals surface area contributed by atoms with Gasteiger partial charge in [0.15, 0.2) is 5.78 Å². The molecule has 26 heavy (non-hydrogen) atoms. The number of Topliss-reactive ketones (excluding diaryl/α,β-unsaturated/α-hetero) is 1. The van der Waals surface area contributed by atoms with Crippen molar-refractivity contribution in [1.29, 1.82) is 0 Å². The molecule has 1 aliphatic carbocycles. The average Bonchev–Trinajstić information content (AvgIpc) is 3.45. The van der Waals surface area contributed by atoms with Gasteiger partial charge >= 0.3 is 0 Å². The number of benzene rings is 1. The zero-order valence-electron chi connectivity index (χ0n) is 14.2. The number of carbonyl (C=O) groups is 1. The van der Waals surface area contributed by atoms with Crippen LogP contribution in [0.3, 0.4) is 0 Å². The van der Waals surface area contributed by atoms with Gasteiger partial charge < -0.3 is 10.2 Å². The molecule has 2 aromatic rings. The number of hydrogen-bond donors (Lipinski definition) is 2. The second-order valence-corrected chi connectivity index (χ2v) is 8.85. The van der Waals surface area contributed by atoms with Gasteiger partial charge in [0.25, 0.3) is 0 Å². The Bertz CT molecular complexity index is 851. The van der Waals surface area contributed by atoms with Crippen LogP contribution in [0.4, 0.5) is 0 Å². The molecule has 2 aliphatic rings. The number of aromatic nitrogens is 1. The number of rotatable bonds is 4. The number of ketones is 1. The minimum Gasteiger partial charge on any atom is -0.357 e. The Kier molecular flexibility index (Phi) is 4.82. The smallest absolute Gasteiger partial charge is 0.213 e. The molecule has 0 bridgehead atoms. The highest BCUT2D eigenvalue weighted by atomic mass is 35.5. The fourth-order valence-electron chi connectivity index (χ4n) is 3.48. The summed E-state index contributed by atoms with van der Waals surface area (Å²) in [5.41, 5.74) is 3.26. The zero-order valence-corrected chi connectivity index (χ0v) is 15.8. The van der Waals surface area contributed by atoms with Crippen LogP contribution in [0.2, 0.25) is 5.02 Å². The van der Waals surface area contributed by atoms with Gasteiger partial charge in [-0.25, -0.2) is 4.98 Å². The Morgan fingerprint density at radius 3 is 2.69 bits per heavy atom. The van der Waals surface area contributed by atoms with Crippen LogP contribution >= 0.6 is 23.4 Å². The zero-order chi connectivity index (χ0) is 18.3. The maximum absolute atomic E-state index is 12.9. The van der Waals surface area contributed by atoms with Crippen molar-refractivity contribution in [2.24, 2.45) is 5.92 Å². The first-order valence-electron chi connectivity index (χ1n) is 8.83. The van der Waals surface area contributed by atoms with Gasteiger partial charge in [0, 0.05) is 22.9 Å². The fraction of sp³-hybridized carbons (Fsp3) is 0.400. The number of thioether (sulfide) groups is 1. The standard InChI is InChI=1S/C20H20ClNO3S/c21-15-3-1-2-13(10-15)18-16(12-4-5-12)6-7-17(22-18)19(23)14-8-9-26-20(24,25)11-14/h1-3,6-7,10,12,14,24-25H,4-5,8-9,11H2. The molecule has 2 fully saturated rings. The molecule has 0 amide bonds. The molecule has 0 radical (unpaired) electrons. The number of carbonyl (C=O) groups excluding carboxylic acids is 1. The summed E-state index contributed by atoms with van der Waals surface area (Å²) in [7, 11) is 0. The van der Waals surface area contributed by atoms with E-state index in [2.05, 4.69) is 4.98 Å². The molecule has 2 N–H and O–H groups in total. The molecular formula is C20H20ClNO3S. The molecule has 136 valence electrons. The second-order valence-electron chi connectivity index (χ2n) is 7.06. The molecular weight excluding hydrogens is 370 g/mol. The summed E-state index contributed by atoms with van der Waals surface area (Å²) >= 11 is 7.22. The molecule has 0 spiro atoms. The monoisotopic (exact) mass is 389 g/mol. The summed E-state index contributed by atoms with van der Waals surface area (Å²) in [5, 5.41) is 18.5. The Balaban J connectivity index is 1.69. The van der Waals surface area contributed by atoms with E-state index in [1.807, 2.05) is 30.3 Å². The van der Waals surface area contributed by atoms with E-state index >= 15 is 0 Å². The highest BCUT2D eigenvalue weighted by molar-refractivity contribution is 8.00. The van der Waals surface area contributed by atoms with Crippen LogP contribution in [0.5, 0.6) is 0 Å². The van der Waals surface area contributed by atoms with E-state index < -0.39 is 11.0 Å². The highest BCUT2D eigenvalue weighted by Gasteiger charge is 2.37. The van der Waals surface area contributed by atoms with Gasteiger partial charge in [-0.05, 0) is 54.7 Å². The Morgan fingerprint density at radius 1 is 1.19 bits per heavy atom. The molecule has 6 heteroatoms. The number of pyridine rings is 1. The number of halogens is 1. The predicted octanol–water partition coefficient (Wildman–Crippen LogP) is 4.24. The third-order valence-corrected chi connectivity index (χ3v) is 6.28. The maximum atomic E-state index is 12.9. The molecule has 1 aromatic heterocycles. The van der Waals surface area contributed by atoms with Crippen molar-refractivity contribution in [2.75, 3.05) is 5.75 Å². The van der Waals surface area contributed by atoms with E-state index in [1.165, 1.54) is 0 Å². The van der Waals surface area contributed by atoms with Crippen LogP contribution in [-0.2, 0) is 0 Å². The van der Waals surface area contributed by atoms with Crippen LogP contribution in [0.1, 0.15) is 47.7 Å². The van der Waals surface area contributed by atoms with Gasteiger partial charge in [0.1, 0.15) is 5.69 Å². The first-order chi connectivity index (χ1) is 12.4. The Labute approximate surface area is 161 Å². The molecule has 1 atom stereocenters. The van der Waals surface area contributed by atoms with Gasteiger partial charge in [0.05, 0.1) is 5.69 Å². The summed E-state index contributed by atoms with van der Waals surface area (Å²) in [6.07, 6.45) is 2.94. The maximum Gasteiger partial charge on any atom is 0.213 e. The fourth-order valence-corrected chi connectivity index (χ4v) is 4.72. The van der Waals surface area contributed by atoms with Crippen LogP contribution < -0.4 is 0 Å². The quantitative estimate of drug-likeness (QED) is 0.604. The molecule has 1 saturated heterocycles. The number of nitrogens with zero attached hydrogens (tertiary/aromatic N) is 1. The average molecular weight is 390 g/mol. The number of aliphatic hydroxyl groups is 2. The van der Waals surface area contributed by atoms with E-state index in [0.29, 0.717) is 28.8 Å². The van der Waals surface area contributed by atoms with Gasteiger partial charge in [-0.1, -0.05) is 41.6 Å². The van der Waals surface area contributed by atoms with E-state index in [-0.39, 0.29) is 12.2 Å². The molecule has 1 saturated carbocycles. The lowest BCUT2D eigenvalue weighted by Crippen LogP contribution is -2.35. The lowest BCUT2D eigenvalue weighted by atomic mass is 9.92. The summed E-state index contributed by atoms with van der Waals surface area (Å²) in [4.78, 5) is 17.6. The lowest BCUT2D eigenvalue weighted by molar-refractivity contribution is -0.0919. The van der Waals surface area contributed by atoms with Crippen molar-refractivity contribution >= 4 is 29.1 Å². The lowest BCUT2D eigenvalue weighted by Gasteiger charge is -2.30. The summed E-state index contributed by atoms with van der Waals surface area (Å²) < 4.78 is 0. The second kappa shape index (κ2) is 6.97. The van der Waals surface area contributed by atoms with Crippen molar-refractivity contribution in [1.82, 2.24) is 4.98 Å². The Hall–Kier alpha value is -1.40. The van der Waals surface area contributed by atoms with E-state index in [0.717, 1.165) is 41.4 Å². The van der Waals surface area contributed by atoms with Gasteiger partial charge in [0.2, 0.25) is 5.12 Å². The topological polar surface area (TPSA) is 70.4 Å². The molecule has 1 aliphatic heterocycles. The van der Waals surface area contributed by atoms with Crippen molar-refractivity contribution in [3.8, 4) is 11.3 Å². The van der Waals surface area contributed by atoms with E-state index in [1.54, 1.807) is 6.07 Å². The molecule has 4 rings (SSSR count). The molecule has 1 aromatic carbocycles. The molecule has 2 heterocycles. The van der Waals surface area contributed by atoms with Crippen molar-refractivity contribution in [3.05, 3.63) is 52.7 Å². The summed E-state index contributed by atoms with van der Waals surface area (Å²) in [5.74, 6) is 0.500. The van der Waals surface area contributed by atoms with Crippen LogP contribution in [-0.4, -0.2) is 31.9 Å². The minimum atomic E-state index is -1.83. The molecule has 4 nitrogen and oxygen atoms in total. The Morgan fingerprint density at radius 2 is 2.00 bits per heavy atom. The van der Waals surface area contributed by atoms with Crippen LogP contribution in [0, 0.1) is 5.92 Å².